The molecule has 1 heterocycles. The van der Waals surface area contributed by atoms with E-state index in [-0.39, 0.29) is 17.6 Å². The molecule has 0 aliphatic heterocycles. The zero-order chi connectivity index (χ0) is 12.8. The Morgan fingerprint density at radius 1 is 1.53 bits per heavy atom. The lowest BCUT2D eigenvalue weighted by molar-refractivity contribution is -0.127. The van der Waals surface area contributed by atoms with Crippen molar-refractivity contribution in [1.82, 2.24) is 10.6 Å². The summed E-state index contributed by atoms with van der Waals surface area (Å²) in [5.41, 5.74) is 0. The molecule has 0 saturated carbocycles. The van der Waals surface area contributed by atoms with Crippen molar-refractivity contribution in [2.75, 3.05) is 5.75 Å². The van der Waals surface area contributed by atoms with Gasteiger partial charge in [0.05, 0.1) is 10.9 Å². The molecule has 0 bridgehead atoms. The third-order valence-electron chi connectivity index (χ3n) is 1.94. The lowest BCUT2D eigenvalue weighted by atomic mass is 10.3. The van der Waals surface area contributed by atoms with Crippen LogP contribution in [0.4, 0.5) is 0 Å². The third-order valence-corrected chi connectivity index (χ3v) is 3.54. The van der Waals surface area contributed by atoms with Crippen LogP contribution < -0.4 is 10.6 Å². The van der Waals surface area contributed by atoms with Crippen LogP contribution >= 0.6 is 35.6 Å². The smallest absolute Gasteiger partial charge is 0.243 e. The second-order valence-electron chi connectivity index (χ2n) is 3.36. The largest absolute Gasteiger partial charge is 0.349 e. The van der Waals surface area contributed by atoms with Gasteiger partial charge in [0.15, 0.2) is 0 Å². The van der Waals surface area contributed by atoms with E-state index in [0.29, 0.717) is 10.9 Å². The molecule has 0 saturated heterocycles. The predicted molar refractivity (Wildman–Crippen MR) is 72.6 cm³/mol. The van der Waals surface area contributed by atoms with Crippen LogP contribution in [0.5, 0.6) is 0 Å². The van der Waals surface area contributed by atoms with Gasteiger partial charge in [0.25, 0.3) is 0 Å². The molecule has 0 radical (unpaired) electrons. The molecule has 2 N–H and O–H groups in total. The molecule has 1 aromatic rings. The maximum atomic E-state index is 11.7. The molecule has 0 spiro atoms. The number of rotatable bonds is 5. The van der Waals surface area contributed by atoms with Crippen LogP contribution in [0.2, 0.25) is 4.34 Å². The Bertz CT molecular complexity index is 409. The van der Waals surface area contributed by atoms with E-state index >= 15 is 0 Å². The molecular weight excluding hydrogens is 280 g/mol. The molecule has 1 rings (SSSR count). The lowest BCUT2D eigenvalue weighted by Crippen LogP contribution is -2.46. The first-order valence-corrected chi connectivity index (χ1v) is 6.75. The van der Waals surface area contributed by atoms with Crippen molar-refractivity contribution in [2.45, 2.75) is 19.5 Å². The molecule has 1 aromatic heterocycles. The van der Waals surface area contributed by atoms with E-state index in [1.807, 2.05) is 6.07 Å². The van der Waals surface area contributed by atoms with Crippen LogP contribution in [-0.2, 0) is 16.1 Å². The van der Waals surface area contributed by atoms with Gasteiger partial charge in [0.1, 0.15) is 6.04 Å². The van der Waals surface area contributed by atoms with E-state index in [2.05, 4.69) is 23.3 Å². The molecule has 7 heteroatoms. The van der Waals surface area contributed by atoms with Crippen LogP contribution in [0.15, 0.2) is 12.1 Å². The molecule has 94 valence electrons. The van der Waals surface area contributed by atoms with Crippen molar-refractivity contribution in [2.24, 2.45) is 0 Å². The quantitative estimate of drug-likeness (QED) is 0.720. The van der Waals surface area contributed by atoms with Crippen molar-refractivity contribution < 1.29 is 9.59 Å². The van der Waals surface area contributed by atoms with Crippen molar-refractivity contribution in [3.63, 3.8) is 0 Å². The molecular formula is C10H13ClN2O2S2. The maximum absolute atomic E-state index is 11.7. The normalized spacial score (nSPS) is 11.9. The number of carbonyl (C=O) groups excluding carboxylic acids is 2. The Morgan fingerprint density at radius 2 is 2.24 bits per heavy atom. The summed E-state index contributed by atoms with van der Waals surface area (Å²) in [6.07, 6.45) is 0. The number of amides is 2. The van der Waals surface area contributed by atoms with Gasteiger partial charge in [-0.05, 0) is 12.1 Å². The van der Waals surface area contributed by atoms with Crippen LogP contribution in [-0.4, -0.2) is 23.6 Å². The summed E-state index contributed by atoms with van der Waals surface area (Å²) in [6, 6.07) is 3.02. The summed E-state index contributed by atoms with van der Waals surface area (Å²) < 4.78 is 0.682. The molecule has 0 fully saturated rings. The standard InChI is InChI=1S/C10H13ClN2O2S2/c1-6(14)13-8(5-16)10(15)12-4-7-2-3-9(11)17-7/h2-3,8,16H,4-5H2,1H3,(H,12,15)(H,13,14). The molecule has 17 heavy (non-hydrogen) atoms. The molecule has 0 aliphatic carbocycles. The molecule has 0 aliphatic rings. The SMILES string of the molecule is CC(=O)NC(CS)C(=O)NCc1ccc(Cl)s1. The Morgan fingerprint density at radius 3 is 2.71 bits per heavy atom. The van der Waals surface area contributed by atoms with Gasteiger partial charge in [-0.15, -0.1) is 11.3 Å². The highest BCUT2D eigenvalue weighted by atomic mass is 35.5. The average Bonchev–Trinajstić information content (AvgIpc) is 2.68. The van der Waals surface area contributed by atoms with E-state index in [0.717, 1.165) is 4.88 Å². The number of halogens is 1. The van der Waals surface area contributed by atoms with E-state index < -0.39 is 6.04 Å². The fourth-order valence-corrected chi connectivity index (χ4v) is 2.47. The summed E-state index contributed by atoms with van der Waals surface area (Å²) in [6.45, 7) is 1.77. The molecule has 4 nitrogen and oxygen atoms in total. The first-order valence-electron chi connectivity index (χ1n) is 4.93. The minimum Gasteiger partial charge on any atom is -0.349 e. The van der Waals surface area contributed by atoms with Crippen molar-refractivity contribution in [1.29, 1.82) is 0 Å². The van der Waals surface area contributed by atoms with E-state index in [1.165, 1.54) is 18.3 Å². The van der Waals surface area contributed by atoms with Gasteiger partial charge in [-0.3, -0.25) is 9.59 Å². The minimum absolute atomic E-state index is 0.250. The fourth-order valence-electron chi connectivity index (χ4n) is 1.18. The molecule has 1 atom stereocenters. The van der Waals surface area contributed by atoms with Gasteiger partial charge in [0.2, 0.25) is 11.8 Å². The number of hydrogen-bond acceptors (Lipinski definition) is 4. The van der Waals surface area contributed by atoms with Crippen LogP contribution in [0, 0.1) is 0 Å². The lowest BCUT2D eigenvalue weighted by Gasteiger charge is -2.14. The number of nitrogens with one attached hydrogen (secondary N) is 2. The topological polar surface area (TPSA) is 58.2 Å². The van der Waals surface area contributed by atoms with Crippen molar-refractivity contribution in [3.8, 4) is 0 Å². The highest BCUT2D eigenvalue weighted by molar-refractivity contribution is 7.80. The molecule has 1 unspecified atom stereocenters. The average molecular weight is 293 g/mol. The van der Waals surface area contributed by atoms with Gasteiger partial charge in [-0.25, -0.2) is 0 Å². The summed E-state index contributed by atoms with van der Waals surface area (Å²) in [4.78, 5) is 23.5. The Kier molecular flexibility index (Phi) is 5.80. The minimum atomic E-state index is -0.605. The fraction of sp³-hybridized carbons (Fsp3) is 0.400. The number of hydrogen-bond donors (Lipinski definition) is 3. The summed E-state index contributed by atoms with van der Waals surface area (Å²) in [5, 5.41) is 5.24. The monoisotopic (exact) mass is 292 g/mol. The second-order valence-corrected chi connectivity index (χ2v) is 5.52. The number of carbonyl (C=O) groups is 2. The van der Waals surface area contributed by atoms with Crippen LogP contribution in [0.3, 0.4) is 0 Å². The molecule has 0 aromatic carbocycles. The van der Waals surface area contributed by atoms with Gasteiger partial charge in [-0.1, -0.05) is 11.6 Å². The number of thiol groups is 1. The van der Waals surface area contributed by atoms with E-state index in [4.69, 9.17) is 11.6 Å². The van der Waals surface area contributed by atoms with Gasteiger partial charge in [0, 0.05) is 17.6 Å². The summed E-state index contributed by atoms with van der Waals surface area (Å²) in [7, 11) is 0. The van der Waals surface area contributed by atoms with Gasteiger partial charge >= 0.3 is 0 Å². The van der Waals surface area contributed by atoms with Crippen LogP contribution in [0.1, 0.15) is 11.8 Å². The summed E-state index contributed by atoms with van der Waals surface area (Å²) in [5.74, 6) is -0.241. The number of thiophene rings is 1. The Balaban J connectivity index is 2.44. The zero-order valence-corrected chi connectivity index (χ0v) is 11.7. The van der Waals surface area contributed by atoms with Crippen molar-refractivity contribution in [3.05, 3.63) is 21.3 Å². The van der Waals surface area contributed by atoms with Gasteiger partial charge in [-0.2, -0.15) is 12.6 Å². The zero-order valence-electron chi connectivity index (χ0n) is 9.20. The predicted octanol–water partition coefficient (Wildman–Crippen LogP) is 1.45. The van der Waals surface area contributed by atoms with E-state index in [9.17, 15) is 9.59 Å². The Hall–Kier alpha value is -0.720. The molecule has 2 amide bonds. The maximum Gasteiger partial charge on any atom is 0.243 e. The highest BCUT2D eigenvalue weighted by Gasteiger charge is 2.17. The summed E-state index contributed by atoms with van der Waals surface area (Å²) >= 11 is 11.2. The van der Waals surface area contributed by atoms with Crippen molar-refractivity contribution >= 4 is 47.4 Å². The highest BCUT2D eigenvalue weighted by Crippen LogP contribution is 2.20. The Labute approximate surface area is 114 Å². The van der Waals surface area contributed by atoms with E-state index in [1.54, 1.807) is 6.07 Å². The van der Waals surface area contributed by atoms with Gasteiger partial charge < -0.3 is 10.6 Å². The first kappa shape index (κ1) is 14.3. The van der Waals surface area contributed by atoms with Crippen LogP contribution in [0.25, 0.3) is 0 Å². The second kappa shape index (κ2) is 6.88. The first-order chi connectivity index (χ1) is 8.02. The third kappa shape index (κ3) is 4.97.